The Labute approximate surface area is 102 Å². The van der Waals surface area contributed by atoms with Crippen molar-refractivity contribution in [3.63, 3.8) is 0 Å². The summed E-state index contributed by atoms with van der Waals surface area (Å²) in [5.74, 6) is 1.21. The molecule has 3 rings (SSSR count). The van der Waals surface area contributed by atoms with E-state index in [9.17, 15) is 4.39 Å². The van der Waals surface area contributed by atoms with Crippen molar-refractivity contribution in [2.24, 2.45) is 5.92 Å². The molecule has 0 saturated heterocycles. The third-order valence-electron chi connectivity index (χ3n) is 4.13. The minimum absolute atomic E-state index is 0.0585. The van der Waals surface area contributed by atoms with Crippen LogP contribution in [0.25, 0.3) is 0 Å². The van der Waals surface area contributed by atoms with Gasteiger partial charge in [0.25, 0.3) is 0 Å². The van der Waals surface area contributed by atoms with Gasteiger partial charge in [-0.3, -0.25) is 0 Å². The molecule has 2 unspecified atom stereocenters. The molecule has 1 aliphatic heterocycles. The van der Waals surface area contributed by atoms with Gasteiger partial charge in [0.1, 0.15) is 5.82 Å². The van der Waals surface area contributed by atoms with Crippen LogP contribution >= 0.6 is 0 Å². The minimum atomic E-state index is -0.0585. The normalized spacial score (nSPS) is 26.4. The number of halogens is 1. The van der Waals surface area contributed by atoms with Gasteiger partial charge in [0, 0.05) is 12.6 Å². The summed E-state index contributed by atoms with van der Waals surface area (Å²) in [6.45, 7) is 5.53. The highest BCUT2D eigenvalue weighted by atomic mass is 19.1. The van der Waals surface area contributed by atoms with E-state index in [2.05, 4.69) is 19.2 Å². The van der Waals surface area contributed by atoms with Gasteiger partial charge >= 0.3 is 0 Å². The zero-order valence-electron chi connectivity index (χ0n) is 10.6. The van der Waals surface area contributed by atoms with Gasteiger partial charge in [-0.25, -0.2) is 4.39 Å². The lowest BCUT2D eigenvalue weighted by Gasteiger charge is -2.32. The summed E-state index contributed by atoms with van der Waals surface area (Å²) in [7, 11) is 0. The van der Waals surface area contributed by atoms with Crippen LogP contribution in [0.5, 0.6) is 0 Å². The molecule has 2 atom stereocenters. The summed E-state index contributed by atoms with van der Waals surface area (Å²) in [6.07, 6.45) is 3.34. The molecule has 0 bridgehead atoms. The zero-order valence-corrected chi connectivity index (χ0v) is 10.6. The highest BCUT2D eigenvalue weighted by molar-refractivity contribution is 5.45. The molecule has 1 aromatic carbocycles. The smallest absolute Gasteiger partial charge is 0.123 e. The Morgan fingerprint density at radius 3 is 3.00 bits per heavy atom. The van der Waals surface area contributed by atoms with E-state index in [1.807, 2.05) is 0 Å². The quantitative estimate of drug-likeness (QED) is 0.823. The summed E-state index contributed by atoms with van der Waals surface area (Å²) in [5, 5.41) is 3.60. The molecule has 92 valence electrons. The fraction of sp³-hybridized carbons (Fsp3) is 0.600. The average Bonchev–Trinajstić information content (AvgIpc) is 2.65. The molecular weight excluding hydrogens is 213 g/mol. The van der Waals surface area contributed by atoms with Crippen LogP contribution in [-0.2, 0) is 6.42 Å². The van der Waals surface area contributed by atoms with Crippen molar-refractivity contribution < 1.29 is 4.39 Å². The molecule has 0 amide bonds. The molecule has 0 radical (unpaired) electrons. The van der Waals surface area contributed by atoms with Crippen molar-refractivity contribution in [1.82, 2.24) is 5.32 Å². The molecule has 2 aliphatic rings. The number of hydrogen-bond donors (Lipinski definition) is 1. The number of rotatable bonds is 2. The first-order chi connectivity index (χ1) is 8.15. The lowest BCUT2D eigenvalue weighted by Crippen LogP contribution is -2.33. The number of aryl methyl sites for hydroxylation is 1. The first kappa shape index (κ1) is 11.2. The van der Waals surface area contributed by atoms with Crippen molar-refractivity contribution in [1.29, 1.82) is 0 Å². The second-order valence-electron chi connectivity index (χ2n) is 5.89. The van der Waals surface area contributed by atoms with Crippen molar-refractivity contribution >= 4 is 0 Å². The predicted molar refractivity (Wildman–Crippen MR) is 67.7 cm³/mol. The van der Waals surface area contributed by atoms with Crippen LogP contribution in [0.1, 0.15) is 55.3 Å². The van der Waals surface area contributed by atoms with Gasteiger partial charge < -0.3 is 5.32 Å². The summed E-state index contributed by atoms with van der Waals surface area (Å²) in [4.78, 5) is 0. The maximum atomic E-state index is 13.6. The van der Waals surface area contributed by atoms with E-state index in [0.717, 1.165) is 19.4 Å². The zero-order chi connectivity index (χ0) is 12.0. The molecule has 17 heavy (non-hydrogen) atoms. The van der Waals surface area contributed by atoms with E-state index in [0.29, 0.717) is 17.9 Å². The molecule has 1 aromatic rings. The van der Waals surface area contributed by atoms with Crippen molar-refractivity contribution in [2.45, 2.75) is 45.1 Å². The van der Waals surface area contributed by atoms with Gasteiger partial charge in [-0.2, -0.15) is 0 Å². The molecule has 0 spiro atoms. The lowest BCUT2D eigenvalue weighted by atomic mass is 9.84. The van der Waals surface area contributed by atoms with E-state index >= 15 is 0 Å². The summed E-state index contributed by atoms with van der Waals surface area (Å²) < 4.78 is 13.6. The topological polar surface area (TPSA) is 12.0 Å². The second kappa shape index (κ2) is 4.09. The Hall–Kier alpha value is -0.890. The Morgan fingerprint density at radius 1 is 1.41 bits per heavy atom. The summed E-state index contributed by atoms with van der Waals surface area (Å²) in [6, 6.07) is 3.86. The molecule has 1 N–H and O–H groups in total. The van der Waals surface area contributed by atoms with Crippen LogP contribution in [0.3, 0.4) is 0 Å². The van der Waals surface area contributed by atoms with Gasteiger partial charge in [0.05, 0.1) is 0 Å². The monoisotopic (exact) mass is 233 g/mol. The lowest BCUT2D eigenvalue weighted by molar-refractivity contribution is 0.389. The second-order valence-corrected chi connectivity index (χ2v) is 5.89. The van der Waals surface area contributed by atoms with E-state index in [-0.39, 0.29) is 5.82 Å². The highest BCUT2D eigenvalue weighted by Crippen LogP contribution is 2.42. The van der Waals surface area contributed by atoms with E-state index in [1.54, 1.807) is 12.1 Å². The number of benzene rings is 1. The predicted octanol–water partition coefficient (Wildman–Crippen LogP) is 3.55. The van der Waals surface area contributed by atoms with Gasteiger partial charge in [0.15, 0.2) is 0 Å². The minimum Gasteiger partial charge on any atom is -0.309 e. The molecule has 1 nitrogen and oxygen atoms in total. The van der Waals surface area contributed by atoms with Crippen molar-refractivity contribution in [3.8, 4) is 0 Å². The third-order valence-corrected chi connectivity index (χ3v) is 4.13. The largest absolute Gasteiger partial charge is 0.309 e. The van der Waals surface area contributed by atoms with Gasteiger partial charge in [-0.1, -0.05) is 13.8 Å². The Balaban J connectivity index is 2.04. The van der Waals surface area contributed by atoms with Gasteiger partial charge in [-0.05, 0) is 59.9 Å². The highest BCUT2D eigenvalue weighted by Gasteiger charge is 2.33. The maximum Gasteiger partial charge on any atom is 0.123 e. The SMILES string of the molecule is CC(C)CC1NCC2CCc3cc(F)cc1c32. The molecule has 1 heterocycles. The molecule has 0 aromatic heterocycles. The van der Waals surface area contributed by atoms with Crippen LogP contribution in [0, 0.1) is 11.7 Å². The molecule has 1 aliphatic carbocycles. The van der Waals surface area contributed by atoms with Crippen LogP contribution in [0.15, 0.2) is 12.1 Å². The van der Waals surface area contributed by atoms with E-state index in [1.165, 1.54) is 23.1 Å². The third kappa shape index (κ3) is 1.89. The molecule has 0 saturated carbocycles. The summed E-state index contributed by atoms with van der Waals surface area (Å²) >= 11 is 0. The molecule has 2 heteroatoms. The fourth-order valence-corrected chi connectivity index (χ4v) is 3.44. The summed E-state index contributed by atoms with van der Waals surface area (Å²) in [5.41, 5.74) is 3.97. The van der Waals surface area contributed by atoms with Crippen LogP contribution in [0.4, 0.5) is 4.39 Å². The first-order valence-electron chi connectivity index (χ1n) is 6.70. The Bertz CT molecular complexity index is 439. The standard InChI is InChI=1S/C15H20FN/c1-9(2)5-14-13-7-12(16)6-10-3-4-11(8-17-14)15(10)13/h6-7,9,11,14,17H,3-5,8H2,1-2H3. The van der Waals surface area contributed by atoms with Crippen LogP contribution in [0.2, 0.25) is 0 Å². The Kier molecular flexibility index (Phi) is 2.70. The van der Waals surface area contributed by atoms with Crippen molar-refractivity contribution in [3.05, 3.63) is 34.6 Å². The fourth-order valence-electron chi connectivity index (χ4n) is 3.44. The first-order valence-corrected chi connectivity index (χ1v) is 6.70. The molecular formula is C15H20FN. The van der Waals surface area contributed by atoms with Crippen molar-refractivity contribution in [2.75, 3.05) is 6.54 Å². The van der Waals surface area contributed by atoms with Gasteiger partial charge in [-0.15, -0.1) is 0 Å². The number of hydrogen-bond acceptors (Lipinski definition) is 1. The van der Waals surface area contributed by atoms with Crippen LogP contribution in [-0.4, -0.2) is 6.54 Å². The van der Waals surface area contributed by atoms with E-state index < -0.39 is 0 Å². The Morgan fingerprint density at radius 2 is 2.24 bits per heavy atom. The maximum absolute atomic E-state index is 13.6. The van der Waals surface area contributed by atoms with Crippen LogP contribution < -0.4 is 5.32 Å². The van der Waals surface area contributed by atoms with E-state index in [4.69, 9.17) is 0 Å². The average molecular weight is 233 g/mol. The number of nitrogens with one attached hydrogen (secondary N) is 1. The van der Waals surface area contributed by atoms with Gasteiger partial charge in [0.2, 0.25) is 0 Å². The molecule has 0 fully saturated rings.